The average molecular weight is 318 g/mol. The third kappa shape index (κ3) is 5.63. The summed E-state index contributed by atoms with van der Waals surface area (Å²) in [6, 6.07) is 10.4. The Hall–Kier alpha value is -1.39. The summed E-state index contributed by atoms with van der Waals surface area (Å²) < 4.78 is 0. The van der Waals surface area contributed by atoms with Crippen LogP contribution in [0.3, 0.4) is 0 Å². The molecular weight excluding hydrogens is 288 g/mol. The van der Waals surface area contributed by atoms with Gasteiger partial charge in [0.15, 0.2) is 0 Å². The molecule has 1 aromatic rings. The van der Waals surface area contributed by atoms with Crippen molar-refractivity contribution in [2.45, 2.75) is 58.2 Å². The Kier molecular flexibility index (Phi) is 7.06. The van der Waals surface area contributed by atoms with E-state index in [9.17, 15) is 9.90 Å². The van der Waals surface area contributed by atoms with Gasteiger partial charge in [0.25, 0.3) is 0 Å². The Balaban J connectivity index is 1.81. The molecule has 0 radical (unpaired) electrons. The molecule has 1 aliphatic heterocycles. The molecule has 1 aromatic carbocycles. The lowest BCUT2D eigenvalue weighted by molar-refractivity contribution is -0.140. The zero-order valence-electron chi connectivity index (χ0n) is 14.4. The molecule has 2 rings (SSSR count). The number of hydrogen-bond acceptors (Lipinski definition) is 3. The number of nitrogens with one attached hydrogen (secondary N) is 1. The highest BCUT2D eigenvalue weighted by Crippen LogP contribution is 2.22. The normalized spacial score (nSPS) is 21.2. The van der Waals surface area contributed by atoms with Gasteiger partial charge in [0.2, 0.25) is 0 Å². The van der Waals surface area contributed by atoms with Gasteiger partial charge in [0, 0.05) is 19.1 Å². The molecule has 128 valence electrons. The van der Waals surface area contributed by atoms with Gasteiger partial charge in [0.1, 0.15) is 6.04 Å². The fourth-order valence-corrected chi connectivity index (χ4v) is 3.40. The van der Waals surface area contributed by atoms with Crippen LogP contribution in [0.15, 0.2) is 30.3 Å². The maximum Gasteiger partial charge on any atom is 0.320 e. The third-order valence-electron chi connectivity index (χ3n) is 4.87. The molecule has 0 spiro atoms. The van der Waals surface area contributed by atoms with E-state index in [4.69, 9.17) is 0 Å². The molecule has 1 saturated heterocycles. The maximum absolute atomic E-state index is 11.4. The van der Waals surface area contributed by atoms with Crippen molar-refractivity contribution in [3.63, 3.8) is 0 Å². The number of likely N-dealkylation sites (tertiary alicyclic amines) is 1. The first-order valence-electron chi connectivity index (χ1n) is 8.85. The van der Waals surface area contributed by atoms with Gasteiger partial charge in [-0.05, 0) is 37.8 Å². The van der Waals surface area contributed by atoms with Gasteiger partial charge >= 0.3 is 5.97 Å². The van der Waals surface area contributed by atoms with Crippen molar-refractivity contribution in [2.75, 3.05) is 13.1 Å². The first-order valence-corrected chi connectivity index (χ1v) is 8.85. The average Bonchev–Trinajstić information content (AvgIpc) is 3.00. The van der Waals surface area contributed by atoms with Crippen molar-refractivity contribution in [3.8, 4) is 0 Å². The lowest BCUT2D eigenvalue weighted by atomic mass is 9.98. The van der Waals surface area contributed by atoms with Gasteiger partial charge in [-0.15, -0.1) is 0 Å². The van der Waals surface area contributed by atoms with E-state index < -0.39 is 12.0 Å². The molecule has 23 heavy (non-hydrogen) atoms. The molecule has 0 amide bonds. The van der Waals surface area contributed by atoms with Crippen LogP contribution in [0.5, 0.6) is 0 Å². The highest BCUT2D eigenvalue weighted by molar-refractivity contribution is 5.73. The zero-order valence-corrected chi connectivity index (χ0v) is 14.4. The van der Waals surface area contributed by atoms with Crippen LogP contribution in [0, 0.1) is 5.92 Å². The van der Waals surface area contributed by atoms with E-state index in [1.54, 1.807) is 0 Å². The summed E-state index contributed by atoms with van der Waals surface area (Å²) in [6.07, 6.45) is 3.85. The lowest BCUT2D eigenvalue weighted by Crippen LogP contribution is -2.45. The second-order valence-electron chi connectivity index (χ2n) is 6.76. The van der Waals surface area contributed by atoms with Gasteiger partial charge in [-0.25, -0.2) is 0 Å². The van der Waals surface area contributed by atoms with E-state index >= 15 is 0 Å². The summed E-state index contributed by atoms with van der Waals surface area (Å²) in [5.74, 6) is -0.188. The molecule has 0 aromatic heterocycles. The molecule has 1 aliphatic rings. The summed E-state index contributed by atoms with van der Waals surface area (Å²) in [6.45, 7) is 7.36. The Labute approximate surface area is 139 Å². The summed E-state index contributed by atoms with van der Waals surface area (Å²) in [5, 5.41) is 12.7. The highest BCUT2D eigenvalue weighted by Gasteiger charge is 2.29. The standard InChI is InChI=1S/C19H30N2O2/c1-3-4-10-18(19(22)23)20-15(2)17-11-12-21(14-17)13-16-8-6-5-7-9-16/h5-9,15,17-18,20H,3-4,10-14H2,1-2H3,(H,22,23)/t15?,17?,18-/m0/s1. The molecule has 4 heteroatoms. The summed E-state index contributed by atoms with van der Waals surface area (Å²) in [4.78, 5) is 13.9. The van der Waals surface area contributed by atoms with E-state index in [2.05, 4.69) is 48.3 Å². The number of rotatable bonds is 9. The van der Waals surface area contributed by atoms with Crippen molar-refractivity contribution < 1.29 is 9.90 Å². The van der Waals surface area contributed by atoms with Crippen LogP contribution < -0.4 is 5.32 Å². The molecule has 2 N–H and O–H groups in total. The number of benzene rings is 1. The van der Waals surface area contributed by atoms with Crippen molar-refractivity contribution in [1.82, 2.24) is 10.2 Å². The third-order valence-corrected chi connectivity index (χ3v) is 4.87. The molecule has 1 heterocycles. The van der Waals surface area contributed by atoms with E-state index in [0.717, 1.165) is 45.3 Å². The molecule has 1 fully saturated rings. The van der Waals surface area contributed by atoms with E-state index in [0.29, 0.717) is 5.92 Å². The van der Waals surface area contributed by atoms with Crippen LogP contribution in [0.25, 0.3) is 0 Å². The van der Waals surface area contributed by atoms with Crippen LogP contribution in [0.4, 0.5) is 0 Å². The fourth-order valence-electron chi connectivity index (χ4n) is 3.40. The first-order chi connectivity index (χ1) is 11.1. The van der Waals surface area contributed by atoms with Gasteiger partial charge in [-0.1, -0.05) is 50.1 Å². The lowest BCUT2D eigenvalue weighted by Gasteiger charge is -2.25. The second kappa shape index (κ2) is 9.04. The number of unbranched alkanes of at least 4 members (excludes halogenated alkanes) is 1. The Morgan fingerprint density at radius 2 is 2.13 bits per heavy atom. The number of carbonyl (C=O) groups is 1. The van der Waals surface area contributed by atoms with Gasteiger partial charge in [-0.3, -0.25) is 9.69 Å². The SMILES string of the molecule is CCCC[C@H](NC(C)C1CCN(Cc2ccccc2)C1)C(=O)O. The van der Waals surface area contributed by atoms with Crippen molar-refractivity contribution in [1.29, 1.82) is 0 Å². The van der Waals surface area contributed by atoms with Crippen LogP contribution in [-0.4, -0.2) is 41.1 Å². The Morgan fingerprint density at radius 1 is 1.39 bits per heavy atom. The quantitative estimate of drug-likeness (QED) is 0.734. The van der Waals surface area contributed by atoms with Crippen LogP contribution in [-0.2, 0) is 11.3 Å². The molecule has 4 nitrogen and oxygen atoms in total. The monoisotopic (exact) mass is 318 g/mol. The smallest absolute Gasteiger partial charge is 0.320 e. The molecule has 0 saturated carbocycles. The van der Waals surface area contributed by atoms with Crippen LogP contribution >= 0.6 is 0 Å². The van der Waals surface area contributed by atoms with E-state index in [-0.39, 0.29) is 6.04 Å². The summed E-state index contributed by atoms with van der Waals surface area (Å²) >= 11 is 0. The number of carboxylic acid groups (broad SMARTS) is 1. The Bertz CT molecular complexity index is 478. The summed E-state index contributed by atoms with van der Waals surface area (Å²) in [7, 11) is 0. The predicted octanol–water partition coefficient (Wildman–Crippen LogP) is 3.13. The predicted molar refractivity (Wildman–Crippen MR) is 93.4 cm³/mol. The number of carboxylic acids is 1. The first kappa shape index (κ1) is 18.0. The van der Waals surface area contributed by atoms with Gasteiger partial charge in [0.05, 0.1) is 0 Å². The highest BCUT2D eigenvalue weighted by atomic mass is 16.4. The zero-order chi connectivity index (χ0) is 16.7. The van der Waals surface area contributed by atoms with Crippen LogP contribution in [0.1, 0.15) is 45.1 Å². The van der Waals surface area contributed by atoms with E-state index in [1.165, 1.54) is 5.56 Å². The second-order valence-corrected chi connectivity index (χ2v) is 6.76. The number of aliphatic carboxylic acids is 1. The maximum atomic E-state index is 11.4. The number of hydrogen-bond donors (Lipinski definition) is 2. The molecule has 2 unspecified atom stereocenters. The van der Waals surface area contributed by atoms with Gasteiger partial charge in [-0.2, -0.15) is 0 Å². The summed E-state index contributed by atoms with van der Waals surface area (Å²) in [5.41, 5.74) is 1.35. The van der Waals surface area contributed by atoms with E-state index in [1.807, 2.05) is 6.07 Å². The molecule has 0 aliphatic carbocycles. The Morgan fingerprint density at radius 3 is 2.78 bits per heavy atom. The largest absolute Gasteiger partial charge is 0.480 e. The van der Waals surface area contributed by atoms with Crippen molar-refractivity contribution >= 4 is 5.97 Å². The van der Waals surface area contributed by atoms with Crippen molar-refractivity contribution in [2.24, 2.45) is 5.92 Å². The fraction of sp³-hybridized carbons (Fsp3) is 0.632. The minimum absolute atomic E-state index is 0.244. The molecule has 3 atom stereocenters. The van der Waals surface area contributed by atoms with Crippen LogP contribution in [0.2, 0.25) is 0 Å². The van der Waals surface area contributed by atoms with Gasteiger partial charge < -0.3 is 10.4 Å². The minimum Gasteiger partial charge on any atom is -0.480 e. The molecule has 0 bridgehead atoms. The van der Waals surface area contributed by atoms with Crippen molar-refractivity contribution in [3.05, 3.63) is 35.9 Å². The molecular formula is C19H30N2O2. The number of nitrogens with zero attached hydrogens (tertiary/aromatic N) is 1. The topological polar surface area (TPSA) is 52.6 Å². The minimum atomic E-state index is -0.718.